The number of hydrogen-bond acceptors (Lipinski definition) is 4. The van der Waals surface area contributed by atoms with Crippen LogP contribution in [0.5, 0.6) is 0 Å². The van der Waals surface area contributed by atoms with Gasteiger partial charge in [0.25, 0.3) is 0 Å². The van der Waals surface area contributed by atoms with E-state index in [0.29, 0.717) is 18.2 Å². The SMILES string of the molecule is CN1CC(CN)N(C)c2cc(C#N)ccc21. The zero-order valence-corrected chi connectivity index (χ0v) is 9.64. The molecular weight excluding hydrogens is 200 g/mol. The van der Waals surface area contributed by atoms with Crippen molar-refractivity contribution in [1.29, 1.82) is 5.26 Å². The molecule has 1 aromatic rings. The Morgan fingerprint density at radius 2 is 2.19 bits per heavy atom. The second-order valence-electron chi connectivity index (χ2n) is 4.20. The van der Waals surface area contributed by atoms with Crippen molar-refractivity contribution in [3.8, 4) is 6.07 Å². The normalized spacial score (nSPS) is 19.2. The van der Waals surface area contributed by atoms with E-state index in [-0.39, 0.29) is 0 Å². The summed E-state index contributed by atoms with van der Waals surface area (Å²) in [6.07, 6.45) is 0. The summed E-state index contributed by atoms with van der Waals surface area (Å²) in [6, 6.07) is 8.25. The van der Waals surface area contributed by atoms with E-state index in [2.05, 4.69) is 22.9 Å². The first-order valence-corrected chi connectivity index (χ1v) is 5.35. The van der Waals surface area contributed by atoms with Crippen molar-refractivity contribution in [3.63, 3.8) is 0 Å². The van der Waals surface area contributed by atoms with Gasteiger partial charge >= 0.3 is 0 Å². The maximum Gasteiger partial charge on any atom is 0.0992 e. The largest absolute Gasteiger partial charge is 0.371 e. The van der Waals surface area contributed by atoms with Gasteiger partial charge in [-0.25, -0.2) is 0 Å². The summed E-state index contributed by atoms with van der Waals surface area (Å²) in [7, 11) is 4.09. The molecule has 0 saturated carbocycles. The number of hydrogen-bond donors (Lipinski definition) is 1. The minimum Gasteiger partial charge on any atom is -0.371 e. The smallest absolute Gasteiger partial charge is 0.0992 e. The van der Waals surface area contributed by atoms with Gasteiger partial charge in [0, 0.05) is 27.2 Å². The summed E-state index contributed by atoms with van der Waals surface area (Å²) in [5.74, 6) is 0. The molecule has 4 heteroatoms. The van der Waals surface area contributed by atoms with Crippen LogP contribution in [0.1, 0.15) is 5.56 Å². The Morgan fingerprint density at radius 1 is 1.44 bits per heavy atom. The molecule has 0 bridgehead atoms. The van der Waals surface area contributed by atoms with Gasteiger partial charge in [-0.2, -0.15) is 5.26 Å². The van der Waals surface area contributed by atoms with E-state index in [1.807, 2.05) is 25.2 Å². The zero-order valence-electron chi connectivity index (χ0n) is 9.64. The molecule has 0 fully saturated rings. The average Bonchev–Trinajstić information content (AvgIpc) is 2.33. The predicted molar refractivity (Wildman–Crippen MR) is 65.7 cm³/mol. The molecule has 2 rings (SSSR count). The molecule has 0 aromatic heterocycles. The zero-order chi connectivity index (χ0) is 11.7. The number of benzene rings is 1. The van der Waals surface area contributed by atoms with Gasteiger partial charge in [-0.1, -0.05) is 0 Å². The van der Waals surface area contributed by atoms with Gasteiger partial charge in [-0.05, 0) is 18.2 Å². The molecule has 1 aliphatic rings. The number of nitrogens with two attached hydrogens (primary N) is 1. The quantitative estimate of drug-likeness (QED) is 0.753. The number of likely N-dealkylation sites (N-methyl/N-ethyl adjacent to an activating group) is 2. The highest BCUT2D eigenvalue weighted by Gasteiger charge is 2.25. The van der Waals surface area contributed by atoms with Gasteiger partial charge in [0.1, 0.15) is 0 Å². The minimum atomic E-state index is 0.312. The number of rotatable bonds is 1. The van der Waals surface area contributed by atoms with E-state index in [0.717, 1.165) is 17.9 Å². The summed E-state index contributed by atoms with van der Waals surface area (Å²) >= 11 is 0. The Bertz CT molecular complexity index is 435. The number of nitriles is 1. The van der Waals surface area contributed by atoms with Crippen LogP contribution in [0, 0.1) is 11.3 Å². The minimum absolute atomic E-state index is 0.312. The van der Waals surface area contributed by atoms with Crippen LogP contribution >= 0.6 is 0 Å². The Kier molecular flexibility index (Phi) is 2.71. The first kappa shape index (κ1) is 10.8. The van der Waals surface area contributed by atoms with Gasteiger partial charge < -0.3 is 15.5 Å². The molecule has 4 nitrogen and oxygen atoms in total. The Hall–Kier alpha value is -1.73. The molecule has 84 valence electrons. The molecular formula is C12H16N4. The predicted octanol–water partition coefficient (Wildman–Crippen LogP) is 0.772. The third kappa shape index (κ3) is 1.59. The number of anilines is 2. The summed E-state index contributed by atoms with van der Waals surface area (Å²) in [5.41, 5.74) is 8.69. The molecule has 2 N–H and O–H groups in total. The molecule has 1 aliphatic heterocycles. The summed E-state index contributed by atoms with van der Waals surface area (Å²) in [4.78, 5) is 4.35. The third-order valence-corrected chi connectivity index (χ3v) is 3.20. The molecule has 0 saturated heterocycles. The lowest BCUT2D eigenvalue weighted by atomic mass is 10.1. The Morgan fingerprint density at radius 3 is 2.81 bits per heavy atom. The van der Waals surface area contributed by atoms with Crippen molar-refractivity contribution in [3.05, 3.63) is 23.8 Å². The monoisotopic (exact) mass is 216 g/mol. The first-order chi connectivity index (χ1) is 7.67. The maximum absolute atomic E-state index is 8.91. The standard InChI is InChI=1S/C12H16N4/c1-15-8-10(7-14)16(2)12-5-9(6-13)3-4-11(12)15/h3-5,10H,7-8,14H2,1-2H3. The van der Waals surface area contributed by atoms with E-state index in [4.69, 9.17) is 11.0 Å². The van der Waals surface area contributed by atoms with Crippen LogP contribution in [0.2, 0.25) is 0 Å². The molecule has 1 aromatic carbocycles. The van der Waals surface area contributed by atoms with Crippen molar-refractivity contribution < 1.29 is 0 Å². The van der Waals surface area contributed by atoms with Crippen LogP contribution in [-0.4, -0.2) is 33.2 Å². The van der Waals surface area contributed by atoms with E-state index < -0.39 is 0 Å². The van der Waals surface area contributed by atoms with Crippen molar-refractivity contribution >= 4 is 11.4 Å². The van der Waals surface area contributed by atoms with Crippen LogP contribution in [0.15, 0.2) is 18.2 Å². The van der Waals surface area contributed by atoms with Crippen molar-refractivity contribution in [2.75, 3.05) is 37.0 Å². The van der Waals surface area contributed by atoms with Gasteiger partial charge in [0.2, 0.25) is 0 Å². The second-order valence-corrected chi connectivity index (χ2v) is 4.20. The van der Waals surface area contributed by atoms with Gasteiger partial charge in [-0.3, -0.25) is 0 Å². The van der Waals surface area contributed by atoms with Gasteiger partial charge in [0.15, 0.2) is 0 Å². The van der Waals surface area contributed by atoms with Crippen molar-refractivity contribution in [1.82, 2.24) is 0 Å². The molecule has 0 aliphatic carbocycles. The lowest BCUT2D eigenvalue weighted by Crippen LogP contribution is -2.49. The highest BCUT2D eigenvalue weighted by atomic mass is 15.3. The van der Waals surface area contributed by atoms with E-state index in [1.54, 1.807) is 0 Å². The highest BCUT2D eigenvalue weighted by Crippen LogP contribution is 2.34. The fourth-order valence-corrected chi connectivity index (χ4v) is 2.16. The topological polar surface area (TPSA) is 56.3 Å². The van der Waals surface area contributed by atoms with Crippen LogP contribution in [0.4, 0.5) is 11.4 Å². The number of nitrogens with zero attached hydrogens (tertiary/aromatic N) is 3. The molecule has 0 amide bonds. The van der Waals surface area contributed by atoms with Crippen LogP contribution in [0.25, 0.3) is 0 Å². The van der Waals surface area contributed by atoms with Crippen LogP contribution in [0.3, 0.4) is 0 Å². The fourth-order valence-electron chi connectivity index (χ4n) is 2.16. The molecule has 1 atom stereocenters. The van der Waals surface area contributed by atoms with Gasteiger partial charge in [0.05, 0.1) is 29.0 Å². The lowest BCUT2D eigenvalue weighted by molar-refractivity contribution is 0.609. The lowest BCUT2D eigenvalue weighted by Gasteiger charge is -2.40. The van der Waals surface area contributed by atoms with E-state index in [9.17, 15) is 0 Å². The third-order valence-electron chi connectivity index (χ3n) is 3.20. The van der Waals surface area contributed by atoms with Crippen LogP contribution < -0.4 is 15.5 Å². The molecule has 1 unspecified atom stereocenters. The van der Waals surface area contributed by atoms with Crippen molar-refractivity contribution in [2.24, 2.45) is 5.73 Å². The summed E-state index contributed by atoms with van der Waals surface area (Å²) in [5, 5.41) is 8.91. The molecule has 0 radical (unpaired) electrons. The Balaban J connectivity index is 2.48. The first-order valence-electron chi connectivity index (χ1n) is 5.35. The maximum atomic E-state index is 8.91. The molecule has 0 spiro atoms. The summed E-state index contributed by atoms with van der Waals surface area (Å²) < 4.78 is 0. The van der Waals surface area contributed by atoms with E-state index in [1.165, 1.54) is 0 Å². The van der Waals surface area contributed by atoms with E-state index >= 15 is 0 Å². The second kappa shape index (κ2) is 4.03. The molecule has 16 heavy (non-hydrogen) atoms. The highest BCUT2D eigenvalue weighted by molar-refractivity contribution is 5.75. The number of fused-ring (bicyclic) bond motifs is 1. The average molecular weight is 216 g/mol. The summed E-state index contributed by atoms with van der Waals surface area (Å²) in [6.45, 7) is 1.54. The molecule has 1 heterocycles. The van der Waals surface area contributed by atoms with Crippen LogP contribution in [-0.2, 0) is 0 Å². The Labute approximate surface area is 95.9 Å². The van der Waals surface area contributed by atoms with Gasteiger partial charge in [-0.15, -0.1) is 0 Å². The fraction of sp³-hybridized carbons (Fsp3) is 0.417. The van der Waals surface area contributed by atoms with Crippen molar-refractivity contribution in [2.45, 2.75) is 6.04 Å².